The van der Waals surface area contributed by atoms with Crippen molar-refractivity contribution in [3.63, 3.8) is 0 Å². The molecular formula is C21H15F4N3. The molecular weight excluding hydrogens is 370 g/mol. The van der Waals surface area contributed by atoms with Crippen molar-refractivity contribution in [3.05, 3.63) is 77.2 Å². The summed E-state index contributed by atoms with van der Waals surface area (Å²) in [5.74, 6) is -0.471. The second kappa shape index (κ2) is 6.44. The van der Waals surface area contributed by atoms with Crippen LogP contribution < -0.4 is 0 Å². The molecule has 0 saturated carbocycles. The predicted octanol–water partition coefficient (Wildman–Crippen LogP) is 5.86. The van der Waals surface area contributed by atoms with Gasteiger partial charge in [0.2, 0.25) is 0 Å². The van der Waals surface area contributed by atoms with Crippen LogP contribution >= 0.6 is 0 Å². The van der Waals surface area contributed by atoms with Gasteiger partial charge in [-0.05, 0) is 56.3 Å². The second-order valence-corrected chi connectivity index (χ2v) is 6.59. The van der Waals surface area contributed by atoms with Crippen molar-refractivity contribution >= 4 is 11.0 Å². The number of fused-ring (bicyclic) bond motifs is 1. The van der Waals surface area contributed by atoms with Crippen LogP contribution in [0, 0.1) is 19.7 Å². The van der Waals surface area contributed by atoms with Crippen molar-refractivity contribution < 1.29 is 17.6 Å². The zero-order valence-electron chi connectivity index (χ0n) is 15.0. The van der Waals surface area contributed by atoms with Gasteiger partial charge in [0.25, 0.3) is 0 Å². The molecule has 0 fully saturated rings. The average molecular weight is 385 g/mol. The Morgan fingerprint density at radius 1 is 0.893 bits per heavy atom. The molecule has 0 spiro atoms. The van der Waals surface area contributed by atoms with Crippen molar-refractivity contribution in [2.24, 2.45) is 0 Å². The average Bonchev–Trinajstić information content (AvgIpc) is 2.98. The maximum Gasteiger partial charge on any atom is 0.417 e. The van der Waals surface area contributed by atoms with Crippen molar-refractivity contribution in [2.75, 3.05) is 0 Å². The number of nitrogens with zero attached hydrogens (tertiary/aromatic N) is 3. The molecule has 0 aliphatic rings. The SMILES string of the molecule is Cc1ccc(-n2nc(C)c3c(C(F)(F)F)cc(-c4ccc(F)cc4)nc32)cc1. The topological polar surface area (TPSA) is 30.7 Å². The molecule has 2 heterocycles. The molecule has 0 amide bonds. The van der Waals surface area contributed by atoms with Crippen LogP contribution in [0.15, 0.2) is 54.6 Å². The Morgan fingerprint density at radius 3 is 2.14 bits per heavy atom. The summed E-state index contributed by atoms with van der Waals surface area (Å²) in [5.41, 5.74) is 1.66. The van der Waals surface area contributed by atoms with Gasteiger partial charge in [-0.15, -0.1) is 0 Å². The summed E-state index contributed by atoms with van der Waals surface area (Å²) >= 11 is 0. The third kappa shape index (κ3) is 3.13. The van der Waals surface area contributed by atoms with E-state index >= 15 is 0 Å². The van der Waals surface area contributed by atoms with Gasteiger partial charge in [-0.2, -0.15) is 18.3 Å². The lowest BCUT2D eigenvalue weighted by molar-refractivity contribution is -0.136. The number of alkyl halides is 3. The molecule has 0 unspecified atom stereocenters. The number of benzene rings is 2. The number of aromatic nitrogens is 3. The third-order valence-electron chi connectivity index (χ3n) is 4.54. The molecule has 3 nitrogen and oxygen atoms in total. The molecule has 0 bridgehead atoms. The van der Waals surface area contributed by atoms with Gasteiger partial charge in [-0.1, -0.05) is 17.7 Å². The molecule has 7 heteroatoms. The van der Waals surface area contributed by atoms with Gasteiger partial charge in [-0.3, -0.25) is 0 Å². The molecule has 4 rings (SSSR count). The lowest BCUT2D eigenvalue weighted by Crippen LogP contribution is -2.08. The largest absolute Gasteiger partial charge is 0.417 e. The molecule has 0 aliphatic heterocycles. The summed E-state index contributed by atoms with van der Waals surface area (Å²) < 4.78 is 56.0. The van der Waals surface area contributed by atoms with E-state index in [1.54, 1.807) is 12.1 Å². The fourth-order valence-corrected chi connectivity index (χ4v) is 3.15. The summed E-state index contributed by atoms with van der Waals surface area (Å²) in [4.78, 5) is 4.45. The Morgan fingerprint density at radius 2 is 1.54 bits per heavy atom. The van der Waals surface area contributed by atoms with E-state index in [1.165, 1.54) is 35.9 Å². The molecule has 0 radical (unpaired) electrons. The highest BCUT2D eigenvalue weighted by atomic mass is 19.4. The maximum absolute atomic E-state index is 13.8. The molecule has 0 N–H and O–H groups in total. The van der Waals surface area contributed by atoms with Gasteiger partial charge in [0.1, 0.15) is 5.82 Å². The van der Waals surface area contributed by atoms with Gasteiger partial charge >= 0.3 is 6.18 Å². The zero-order chi connectivity index (χ0) is 20.1. The highest BCUT2D eigenvalue weighted by Crippen LogP contribution is 2.38. The number of aryl methyl sites for hydroxylation is 2. The van der Waals surface area contributed by atoms with E-state index in [0.717, 1.165) is 11.6 Å². The normalized spacial score (nSPS) is 11.9. The summed E-state index contributed by atoms with van der Waals surface area (Å²) in [7, 11) is 0. The highest BCUT2D eigenvalue weighted by Gasteiger charge is 2.35. The number of hydrogen-bond acceptors (Lipinski definition) is 2. The van der Waals surface area contributed by atoms with Crippen LogP contribution in [0.4, 0.5) is 17.6 Å². The van der Waals surface area contributed by atoms with E-state index in [-0.39, 0.29) is 22.4 Å². The van der Waals surface area contributed by atoms with Crippen molar-refractivity contribution in [3.8, 4) is 16.9 Å². The molecule has 2 aromatic heterocycles. The Balaban J connectivity index is 2.04. The standard InChI is InChI=1S/C21H15F4N3/c1-12-3-9-16(10-4-12)28-20-19(13(2)27-28)17(21(23,24)25)11-18(26-20)14-5-7-15(22)8-6-14/h3-11H,1-2H3. The fourth-order valence-electron chi connectivity index (χ4n) is 3.15. The Hall–Kier alpha value is -3.22. The first-order valence-electron chi connectivity index (χ1n) is 8.54. The van der Waals surface area contributed by atoms with E-state index in [4.69, 9.17) is 0 Å². The van der Waals surface area contributed by atoms with E-state index in [0.29, 0.717) is 11.3 Å². The summed E-state index contributed by atoms with van der Waals surface area (Å²) in [5, 5.41) is 4.26. The van der Waals surface area contributed by atoms with E-state index < -0.39 is 17.6 Å². The molecule has 4 aromatic rings. The first kappa shape index (κ1) is 18.2. The Kier molecular flexibility index (Phi) is 4.18. The number of halogens is 4. The summed E-state index contributed by atoms with van der Waals surface area (Å²) in [6.07, 6.45) is -4.58. The Labute approximate surface area is 158 Å². The van der Waals surface area contributed by atoms with Crippen LogP contribution in [0.3, 0.4) is 0 Å². The number of rotatable bonds is 2. The lowest BCUT2D eigenvalue weighted by Gasteiger charge is -2.12. The minimum absolute atomic E-state index is 0.0427. The van der Waals surface area contributed by atoms with Crippen LogP contribution in [0.2, 0.25) is 0 Å². The number of hydrogen-bond donors (Lipinski definition) is 0. The van der Waals surface area contributed by atoms with Crippen LogP contribution in [-0.4, -0.2) is 14.8 Å². The van der Waals surface area contributed by atoms with E-state index in [2.05, 4.69) is 10.1 Å². The van der Waals surface area contributed by atoms with Gasteiger partial charge < -0.3 is 0 Å². The van der Waals surface area contributed by atoms with E-state index in [9.17, 15) is 17.6 Å². The van der Waals surface area contributed by atoms with Gasteiger partial charge in [-0.25, -0.2) is 14.1 Å². The maximum atomic E-state index is 13.8. The first-order chi connectivity index (χ1) is 13.2. The van der Waals surface area contributed by atoms with E-state index in [1.807, 2.05) is 19.1 Å². The monoisotopic (exact) mass is 385 g/mol. The molecule has 28 heavy (non-hydrogen) atoms. The summed E-state index contributed by atoms with van der Waals surface area (Å²) in [6, 6.07) is 13.4. The highest BCUT2D eigenvalue weighted by molar-refractivity contribution is 5.86. The van der Waals surface area contributed by atoms with Crippen LogP contribution in [0.1, 0.15) is 16.8 Å². The van der Waals surface area contributed by atoms with Gasteiger partial charge in [0.05, 0.1) is 28.0 Å². The minimum atomic E-state index is -4.58. The third-order valence-corrected chi connectivity index (χ3v) is 4.54. The zero-order valence-corrected chi connectivity index (χ0v) is 15.0. The Bertz CT molecular complexity index is 1160. The molecule has 0 atom stereocenters. The molecule has 2 aromatic carbocycles. The smallest absolute Gasteiger partial charge is 0.228 e. The second-order valence-electron chi connectivity index (χ2n) is 6.59. The van der Waals surface area contributed by atoms with Crippen molar-refractivity contribution in [1.29, 1.82) is 0 Å². The van der Waals surface area contributed by atoms with Crippen molar-refractivity contribution in [1.82, 2.24) is 14.8 Å². The first-order valence-corrected chi connectivity index (χ1v) is 8.54. The molecule has 142 valence electrons. The van der Waals surface area contributed by atoms with Crippen LogP contribution in [0.25, 0.3) is 28.0 Å². The van der Waals surface area contributed by atoms with Crippen LogP contribution in [0.5, 0.6) is 0 Å². The number of pyridine rings is 1. The van der Waals surface area contributed by atoms with Gasteiger partial charge in [0, 0.05) is 5.56 Å². The van der Waals surface area contributed by atoms with Gasteiger partial charge in [0.15, 0.2) is 5.65 Å². The summed E-state index contributed by atoms with van der Waals surface area (Å²) in [6.45, 7) is 3.45. The van der Waals surface area contributed by atoms with Crippen molar-refractivity contribution in [2.45, 2.75) is 20.0 Å². The quantitative estimate of drug-likeness (QED) is 0.405. The fraction of sp³-hybridized carbons (Fsp3) is 0.143. The lowest BCUT2D eigenvalue weighted by atomic mass is 10.1. The van der Waals surface area contributed by atoms with Crippen LogP contribution in [-0.2, 0) is 6.18 Å². The minimum Gasteiger partial charge on any atom is -0.228 e. The molecule has 0 aliphatic carbocycles. The molecule has 0 saturated heterocycles. The predicted molar refractivity (Wildman–Crippen MR) is 98.7 cm³/mol.